The van der Waals surface area contributed by atoms with Crippen LogP contribution in [0.15, 0.2) is 61.1 Å². The van der Waals surface area contributed by atoms with Gasteiger partial charge in [-0.3, -0.25) is 9.48 Å². The molecule has 4 rings (SSSR count). The second-order valence-electron chi connectivity index (χ2n) is 6.18. The van der Waals surface area contributed by atoms with Crippen molar-refractivity contribution >= 4 is 11.6 Å². The van der Waals surface area contributed by atoms with E-state index in [1.165, 1.54) is 0 Å². The quantitative estimate of drug-likeness (QED) is 0.727. The van der Waals surface area contributed by atoms with E-state index in [2.05, 4.69) is 16.1 Å². The molecule has 6 heteroatoms. The second-order valence-corrected chi connectivity index (χ2v) is 6.18. The maximum Gasteiger partial charge on any atom is 0.263 e. The Hall–Kier alpha value is -3.15. The van der Waals surface area contributed by atoms with E-state index in [0.29, 0.717) is 24.6 Å². The van der Waals surface area contributed by atoms with Crippen LogP contribution in [0.25, 0.3) is 0 Å². The molecule has 132 valence electrons. The number of rotatable bonds is 4. The zero-order valence-electron chi connectivity index (χ0n) is 14.6. The van der Waals surface area contributed by atoms with Gasteiger partial charge in [-0.25, -0.2) is 4.98 Å². The minimum absolute atomic E-state index is 0.0936. The lowest BCUT2D eigenvalue weighted by Crippen LogP contribution is -2.41. The maximum absolute atomic E-state index is 13.3. The Balaban J connectivity index is 1.73. The van der Waals surface area contributed by atoms with Gasteiger partial charge in [0.1, 0.15) is 5.56 Å². The highest BCUT2D eigenvalue weighted by Gasteiger charge is 2.31. The van der Waals surface area contributed by atoms with Crippen molar-refractivity contribution in [2.24, 2.45) is 0 Å². The molecule has 0 N–H and O–H groups in total. The van der Waals surface area contributed by atoms with Gasteiger partial charge < -0.3 is 9.64 Å². The van der Waals surface area contributed by atoms with Crippen LogP contribution >= 0.6 is 0 Å². The fourth-order valence-electron chi connectivity index (χ4n) is 3.39. The van der Waals surface area contributed by atoms with Crippen LogP contribution in [0.2, 0.25) is 0 Å². The zero-order valence-corrected chi connectivity index (χ0v) is 14.6. The van der Waals surface area contributed by atoms with Crippen molar-refractivity contribution < 1.29 is 9.53 Å². The van der Waals surface area contributed by atoms with Gasteiger partial charge in [-0.15, -0.1) is 0 Å². The first-order valence-corrected chi connectivity index (χ1v) is 8.74. The smallest absolute Gasteiger partial charge is 0.263 e. The zero-order chi connectivity index (χ0) is 17.9. The molecule has 3 heterocycles. The van der Waals surface area contributed by atoms with Gasteiger partial charge in [0.05, 0.1) is 12.6 Å². The normalized spacial score (nSPS) is 16.2. The molecule has 0 fully saturated rings. The van der Waals surface area contributed by atoms with Crippen molar-refractivity contribution in [3.8, 4) is 5.88 Å². The van der Waals surface area contributed by atoms with Gasteiger partial charge in [-0.2, -0.15) is 5.10 Å². The summed E-state index contributed by atoms with van der Waals surface area (Å²) in [6.07, 6.45) is 6.18. The highest BCUT2D eigenvalue weighted by molar-refractivity contribution is 6.08. The van der Waals surface area contributed by atoms with E-state index < -0.39 is 0 Å². The minimum atomic E-state index is -0.106. The molecule has 6 nitrogen and oxygen atoms in total. The van der Waals surface area contributed by atoms with Crippen LogP contribution < -0.4 is 9.64 Å². The number of hydrogen-bond acceptors (Lipinski definition) is 4. The number of ether oxygens (including phenoxy) is 1. The summed E-state index contributed by atoms with van der Waals surface area (Å²) in [4.78, 5) is 19.4. The number of aromatic nitrogens is 3. The summed E-state index contributed by atoms with van der Waals surface area (Å²) in [7, 11) is 0. The Bertz CT molecular complexity index is 908. The molecule has 1 aliphatic heterocycles. The topological polar surface area (TPSA) is 60.2 Å². The molecule has 0 aliphatic carbocycles. The van der Waals surface area contributed by atoms with E-state index in [1.54, 1.807) is 24.5 Å². The summed E-state index contributed by atoms with van der Waals surface area (Å²) in [5, 5.41) is 4.37. The van der Waals surface area contributed by atoms with Gasteiger partial charge in [-0.1, -0.05) is 18.2 Å². The monoisotopic (exact) mass is 348 g/mol. The number of benzene rings is 1. The Morgan fingerprint density at radius 2 is 2.08 bits per heavy atom. The number of nitrogens with zero attached hydrogens (tertiary/aromatic N) is 4. The molecule has 0 saturated carbocycles. The molecule has 1 aliphatic rings. The number of amides is 1. The van der Waals surface area contributed by atoms with Crippen LogP contribution in [-0.4, -0.2) is 33.8 Å². The molecule has 0 unspecified atom stereocenters. The van der Waals surface area contributed by atoms with Crippen molar-refractivity contribution in [3.05, 3.63) is 72.2 Å². The van der Waals surface area contributed by atoms with Gasteiger partial charge in [0.15, 0.2) is 0 Å². The molecular formula is C20H20N4O2. The van der Waals surface area contributed by atoms with Gasteiger partial charge in [-0.05, 0) is 43.2 Å². The van der Waals surface area contributed by atoms with Crippen LogP contribution in [0.4, 0.5) is 5.69 Å². The molecule has 1 aromatic carbocycles. The fourth-order valence-corrected chi connectivity index (χ4v) is 3.39. The van der Waals surface area contributed by atoms with Gasteiger partial charge in [0, 0.05) is 30.8 Å². The first-order chi connectivity index (χ1) is 12.8. The average molecular weight is 348 g/mol. The highest BCUT2D eigenvalue weighted by Crippen LogP contribution is 2.33. The standard InChI is InChI=1S/C20H20N4O2/c1-2-26-19-17(8-5-10-21-19)20(25)23-14-16(24-12-6-11-22-24)13-15-7-3-4-9-18(15)23/h3-12,16H,2,13-14H2,1H3/t16-/m0/s1. The van der Waals surface area contributed by atoms with E-state index in [0.717, 1.165) is 17.7 Å². The van der Waals surface area contributed by atoms with Crippen molar-refractivity contribution in [1.29, 1.82) is 0 Å². The van der Waals surface area contributed by atoms with Crippen molar-refractivity contribution in [3.63, 3.8) is 0 Å². The number of hydrogen-bond donors (Lipinski definition) is 0. The van der Waals surface area contributed by atoms with Crippen LogP contribution in [0, 0.1) is 0 Å². The molecule has 3 aromatic rings. The molecule has 2 aromatic heterocycles. The summed E-state index contributed by atoms with van der Waals surface area (Å²) < 4.78 is 7.48. The van der Waals surface area contributed by atoms with E-state index in [9.17, 15) is 4.79 Å². The number of fused-ring (bicyclic) bond motifs is 1. The average Bonchev–Trinajstić information content (AvgIpc) is 3.22. The van der Waals surface area contributed by atoms with Crippen LogP contribution in [0.1, 0.15) is 28.9 Å². The highest BCUT2D eigenvalue weighted by atomic mass is 16.5. The lowest BCUT2D eigenvalue weighted by Gasteiger charge is -2.35. The third-order valence-corrected chi connectivity index (χ3v) is 4.56. The van der Waals surface area contributed by atoms with Gasteiger partial charge >= 0.3 is 0 Å². The first kappa shape index (κ1) is 16.3. The van der Waals surface area contributed by atoms with E-state index >= 15 is 0 Å². The van der Waals surface area contributed by atoms with Crippen molar-refractivity contribution in [2.45, 2.75) is 19.4 Å². The molecule has 0 saturated heterocycles. The van der Waals surface area contributed by atoms with Gasteiger partial charge in [0.2, 0.25) is 5.88 Å². The third kappa shape index (κ3) is 2.94. The molecule has 26 heavy (non-hydrogen) atoms. The molecule has 0 radical (unpaired) electrons. The molecule has 0 spiro atoms. The largest absolute Gasteiger partial charge is 0.477 e. The maximum atomic E-state index is 13.3. The van der Waals surface area contributed by atoms with Gasteiger partial charge in [0.25, 0.3) is 5.91 Å². The number of carbonyl (C=O) groups excluding carboxylic acids is 1. The summed E-state index contributed by atoms with van der Waals surface area (Å²) in [6.45, 7) is 2.90. The predicted octanol–water partition coefficient (Wildman–Crippen LogP) is 3.12. The Morgan fingerprint density at radius 1 is 1.19 bits per heavy atom. The Kier molecular flexibility index (Phi) is 4.39. The first-order valence-electron chi connectivity index (χ1n) is 8.74. The number of pyridine rings is 1. The van der Waals surface area contributed by atoms with Crippen molar-refractivity contribution in [1.82, 2.24) is 14.8 Å². The van der Waals surface area contributed by atoms with E-state index in [4.69, 9.17) is 4.74 Å². The third-order valence-electron chi connectivity index (χ3n) is 4.56. The number of anilines is 1. The Labute approximate surface area is 152 Å². The van der Waals surface area contributed by atoms with Crippen LogP contribution in [0.5, 0.6) is 5.88 Å². The summed E-state index contributed by atoms with van der Waals surface area (Å²) in [5.74, 6) is 0.268. The number of para-hydroxylation sites is 1. The molecule has 0 bridgehead atoms. The minimum Gasteiger partial charge on any atom is -0.477 e. The summed E-state index contributed by atoms with van der Waals surface area (Å²) in [5.41, 5.74) is 2.55. The Morgan fingerprint density at radius 3 is 2.88 bits per heavy atom. The lowest BCUT2D eigenvalue weighted by atomic mass is 9.97. The molecular weight excluding hydrogens is 328 g/mol. The predicted molar refractivity (Wildman–Crippen MR) is 98.5 cm³/mol. The van der Waals surface area contributed by atoms with E-state index in [-0.39, 0.29) is 11.9 Å². The molecule has 1 atom stereocenters. The van der Waals surface area contributed by atoms with E-state index in [1.807, 2.05) is 47.0 Å². The fraction of sp³-hybridized carbons (Fsp3) is 0.250. The number of carbonyl (C=O) groups is 1. The SMILES string of the molecule is CCOc1ncccc1C(=O)N1C[C@@H](n2cccn2)Cc2ccccc21. The van der Waals surface area contributed by atoms with Crippen molar-refractivity contribution in [2.75, 3.05) is 18.1 Å². The second kappa shape index (κ2) is 7.00. The lowest BCUT2D eigenvalue weighted by molar-refractivity contribution is 0.0975. The van der Waals surface area contributed by atoms with Crippen LogP contribution in [-0.2, 0) is 6.42 Å². The summed E-state index contributed by atoms with van der Waals surface area (Å²) in [6, 6.07) is 13.5. The van der Waals surface area contributed by atoms with Crippen LogP contribution in [0.3, 0.4) is 0 Å². The molecule has 1 amide bonds. The summed E-state index contributed by atoms with van der Waals surface area (Å²) >= 11 is 0.